The molecule has 0 radical (unpaired) electrons. The van der Waals surface area contributed by atoms with Gasteiger partial charge in [0.25, 0.3) is 5.91 Å². The normalized spacial score (nSPS) is 12.5. The van der Waals surface area contributed by atoms with Crippen molar-refractivity contribution in [2.24, 2.45) is 5.10 Å². The van der Waals surface area contributed by atoms with Gasteiger partial charge in [-0.15, -0.1) is 11.3 Å². The van der Waals surface area contributed by atoms with Crippen molar-refractivity contribution in [3.05, 3.63) is 40.1 Å². The molecule has 0 saturated heterocycles. The van der Waals surface area contributed by atoms with E-state index in [-0.39, 0.29) is 25.5 Å². The summed E-state index contributed by atoms with van der Waals surface area (Å²) in [5.41, 5.74) is 3.79. The highest BCUT2D eigenvalue weighted by Gasteiger charge is 2.20. The van der Waals surface area contributed by atoms with Crippen LogP contribution in [-0.4, -0.2) is 35.4 Å². The first-order valence-corrected chi connectivity index (χ1v) is 9.16. The van der Waals surface area contributed by atoms with Crippen LogP contribution >= 0.6 is 11.3 Å². The fourth-order valence-electron chi connectivity index (χ4n) is 2.44. The van der Waals surface area contributed by atoms with E-state index < -0.39 is 11.9 Å². The van der Waals surface area contributed by atoms with Gasteiger partial charge in [-0.1, -0.05) is 6.07 Å². The van der Waals surface area contributed by atoms with Gasteiger partial charge in [0.1, 0.15) is 0 Å². The van der Waals surface area contributed by atoms with Gasteiger partial charge in [-0.2, -0.15) is 5.10 Å². The van der Waals surface area contributed by atoms with E-state index in [2.05, 4.69) is 15.8 Å². The maximum absolute atomic E-state index is 12.1. The van der Waals surface area contributed by atoms with Crippen LogP contribution in [0.25, 0.3) is 0 Å². The molecule has 0 bridgehead atoms. The summed E-state index contributed by atoms with van der Waals surface area (Å²) in [5.74, 6) is -0.930. The molecular weight excluding hydrogens is 386 g/mol. The standard InChI is InChI=1S/C18H17N3O6S/c1-10(20-21-18(25)15-3-2-6-28-15)11-7-13-14(27-9-26-13)8-12(11)19-16(22)4-5-17(23)24/h2-3,6-8H,4-5,9H2,1H3,(H,19,22)(H,21,25)(H,23,24)/b20-10-. The van der Waals surface area contributed by atoms with Gasteiger partial charge in [0.15, 0.2) is 11.5 Å². The number of benzene rings is 1. The molecule has 28 heavy (non-hydrogen) atoms. The molecule has 9 nitrogen and oxygen atoms in total. The lowest BCUT2D eigenvalue weighted by Crippen LogP contribution is -2.19. The number of thiophene rings is 1. The average Bonchev–Trinajstić information content (AvgIpc) is 3.34. The maximum atomic E-state index is 12.1. The molecular formula is C18H17N3O6S. The quantitative estimate of drug-likeness (QED) is 0.481. The van der Waals surface area contributed by atoms with E-state index in [1.165, 1.54) is 11.3 Å². The number of hydrogen-bond acceptors (Lipinski definition) is 7. The van der Waals surface area contributed by atoms with Crippen molar-refractivity contribution in [1.82, 2.24) is 5.43 Å². The summed E-state index contributed by atoms with van der Waals surface area (Å²) < 4.78 is 10.7. The SMILES string of the molecule is C/C(=N/NC(=O)c1cccs1)c1cc2c(cc1NC(=O)CCC(=O)O)OCO2. The molecule has 2 aromatic rings. The first-order valence-electron chi connectivity index (χ1n) is 8.28. The summed E-state index contributed by atoms with van der Waals surface area (Å²) >= 11 is 1.29. The van der Waals surface area contributed by atoms with Gasteiger partial charge in [-0.25, -0.2) is 5.43 Å². The Kier molecular flexibility index (Phi) is 5.90. The predicted molar refractivity (Wildman–Crippen MR) is 102 cm³/mol. The number of ether oxygens (including phenoxy) is 2. The minimum atomic E-state index is -1.06. The van der Waals surface area contributed by atoms with Crippen LogP contribution < -0.4 is 20.2 Å². The van der Waals surface area contributed by atoms with Gasteiger partial charge in [-0.05, 0) is 24.4 Å². The second-order valence-electron chi connectivity index (χ2n) is 5.81. The monoisotopic (exact) mass is 403 g/mol. The number of nitrogens with zero attached hydrogens (tertiary/aromatic N) is 1. The molecule has 0 aliphatic carbocycles. The van der Waals surface area contributed by atoms with Crippen molar-refractivity contribution in [3.8, 4) is 11.5 Å². The molecule has 3 N–H and O–H groups in total. The molecule has 1 aromatic carbocycles. The zero-order valence-corrected chi connectivity index (χ0v) is 15.7. The van der Waals surface area contributed by atoms with Gasteiger partial charge in [0.2, 0.25) is 12.7 Å². The third kappa shape index (κ3) is 4.65. The molecule has 0 saturated carbocycles. The topological polar surface area (TPSA) is 126 Å². The molecule has 2 amide bonds. The number of carboxylic acids is 1. The summed E-state index contributed by atoms with van der Waals surface area (Å²) in [5, 5.41) is 17.3. The highest BCUT2D eigenvalue weighted by atomic mass is 32.1. The van der Waals surface area contributed by atoms with E-state index in [9.17, 15) is 14.4 Å². The Morgan fingerprint density at radius 2 is 1.96 bits per heavy atom. The van der Waals surface area contributed by atoms with Crippen LogP contribution in [0.4, 0.5) is 5.69 Å². The van der Waals surface area contributed by atoms with Crippen LogP contribution in [0, 0.1) is 0 Å². The summed E-state index contributed by atoms with van der Waals surface area (Å²) in [6.07, 6.45) is -0.454. The van der Waals surface area contributed by atoms with E-state index in [0.717, 1.165) is 0 Å². The highest BCUT2D eigenvalue weighted by molar-refractivity contribution is 7.12. The fourth-order valence-corrected chi connectivity index (χ4v) is 3.05. The lowest BCUT2D eigenvalue weighted by molar-refractivity contribution is -0.138. The molecule has 2 heterocycles. The molecule has 1 aliphatic rings. The van der Waals surface area contributed by atoms with E-state index in [4.69, 9.17) is 14.6 Å². The van der Waals surface area contributed by atoms with Crippen LogP contribution in [0.1, 0.15) is 35.0 Å². The summed E-state index contributed by atoms with van der Waals surface area (Å²) in [4.78, 5) is 35.3. The molecule has 10 heteroatoms. The molecule has 0 atom stereocenters. The lowest BCUT2D eigenvalue weighted by atomic mass is 10.1. The maximum Gasteiger partial charge on any atom is 0.303 e. The minimum absolute atomic E-state index is 0.0521. The van der Waals surface area contributed by atoms with Gasteiger partial charge in [-0.3, -0.25) is 14.4 Å². The van der Waals surface area contributed by atoms with Gasteiger partial charge in [0.05, 0.1) is 22.7 Å². The number of fused-ring (bicyclic) bond motifs is 1. The number of hydrogen-bond donors (Lipinski definition) is 3. The van der Waals surface area contributed by atoms with Crippen molar-refractivity contribution >= 4 is 40.5 Å². The van der Waals surface area contributed by atoms with Crippen LogP contribution in [0.15, 0.2) is 34.7 Å². The number of carbonyl (C=O) groups excluding carboxylic acids is 2. The first kappa shape index (κ1) is 19.4. The second-order valence-corrected chi connectivity index (χ2v) is 6.76. The number of amides is 2. The van der Waals surface area contributed by atoms with E-state index in [1.807, 2.05) is 0 Å². The van der Waals surface area contributed by atoms with Crippen molar-refractivity contribution in [2.75, 3.05) is 12.1 Å². The lowest BCUT2D eigenvalue weighted by Gasteiger charge is -2.12. The zero-order valence-electron chi connectivity index (χ0n) is 14.9. The second kappa shape index (κ2) is 8.53. The van der Waals surface area contributed by atoms with Crippen molar-refractivity contribution in [1.29, 1.82) is 0 Å². The Balaban J connectivity index is 1.81. The van der Waals surface area contributed by atoms with Gasteiger partial charge < -0.3 is 19.9 Å². The van der Waals surface area contributed by atoms with Crippen LogP contribution in [-0.2, 0) is 9.59 Å². The molecule has 0 unspecified atom stereocenters. The van der Waals surface area contributed by atoms with E-state index >= 15 is 0 Å². The number of nitrogens with one attached hydrogen (secondary N) is 2. The summed E-state index contributed by atoms with van der Waals surface area (Å²) in [7, 11) is 0. The van der Waals surface area contributed by atoms with Crippen molar-refractivity contribution in [2.45, 2.75) is 19.8 Å². The molecule has 146 valence electrons. The Morgan fingerprint density at radius 3 is 2.64 bits per heavy atom. The average molecular weight is 403 g/mol. The Bertz CT molecular complexity index is 939. The van der Waals surface area contributed by atoms with Crippen molar-refractivity contribution < 1.29 is 29.0 Å². The van der Waals surface area contributed by atoms with E-state index in [1.54, 1.807) is 36.6 Å². The number of carbonyl (C=O) groups is 3. The fraction of sp³-hybridized carbons (Fsp3) is 0.222. The number of aliphatic carboxylic acids is 1. The Labute approximate surface area is 164 Å². The number of hydrazone groups is 1. The van der Waals surface area contributed by atoms with Gasteiger partial charge >= 0.3 is 5.97 Å². The van der Waals surface area contributed by atoms with E-state index in [0.29, 0.717) is 33.3 Å². The summed E-state index contributed by atoms with van der Waals surface area (Å²) in [6.45, 7) is 1.72. The molecule has 1 aromatic heterocycles. The Morgan fingerprint density at radius 1 is 1.21 bits per heavy atom. The number of rotatable bonds is 7. The summed E-state index contributed by atoms with van der Waals surface area (Å²) in [6, 6.07) is 6.67. The Hall–Kier alpha value is -3.40. The molecule has 3 rings (SSSR count). The van der Waals surface area contributed by atoms with Gasteiger partial charge in [0, 0.05) is 18.1 Å². The van der Waals surface area contributed by atoms with Crippen LogP contribution in [0.5, 0.6) is 11.5 Å². The highest BCUT2D eigenvalue weighted by Crippen LogP contribution is 2.37. The molecule has 1 aliphatic heterocycles. The predicted octanol–water partition coefficient (Wildman–Crippen LogP) is 2.43. The first-order chi connectivity index (χ1) is 13.4. The number of carboxylic acid groups (broad SMARTS) is 1. The molecule has 0 fully saturated rings. The number of anilines is 1. The zero-order chi connectivity index (χ0) is 20.1. The van der Waals surface area contributed by atoms with Crippen LogP contribution in [0.2, 0.25) is 0 Å². The smallest absolute Gasteiger partial charge is 0.303 e. The largest absolute Gasteiger partial charge is 0.481 e. The molecule has 0 spiro atoms. The van der Waals surface area contributed by atoms with Crippen LogP contribution in [0.3, 0.4) is 0 Å². The third-order valence-corrected chi connectivity index (χ3v) is 4.68. The minimum Gasteiger partial charge on any atom is -0.481 e. The third-order valence-electron chi connectivity index (χ3n) is 3.81. The van der Waals surface area contributed by atoms with Crippen molar-refractivity contribution in [3.63, 3.8) is 0 Å².